The van der Waals surface area contributed by atoms with E-state index in [1.165, 1.54) is 0 Å². The van der Waals surface area contributed by atoms with E-state index < -0.39 is 17.6 Å². The van der Waals surface area contributed by atoms with E-state index in [1.807, 2.05) is 48.5 Å². The van der Waals surface area contributed by atoms with Gasteiger partial charge in [0.15, 0.2) is 5.69 Å². The Morgan fingerprint density at radius 2 is 1.46 bits per heavy atom. The molecule has 0 radical (unpaired) electrons. The van der Waals surface area contributed by atoms with Gasteiger partial charge in [-0.3, -0.25) is 4.90 Å². The van der Waals surface area contributed by atoms with Crippen molar-refractivity contribution in [2.45, 2.75) is 31.5 Å². The molecule has 2 heterocycles. The maximum absolute atomic E-state index is 13.3. The Morgan fingerprint density at radius 3 is 1.98 bits per heavy atom. The number of likely N-dealkylation sites (tertiary alicyclic amines) is 1. The molecule has 234 valence electrons. The van der Waals surface area contributed by atoms with Crippen LogP contribution in [0.15, 0.2) is 121 Å². The van der Waals surface area contributed by atoms with Gasteiger partial charge in [0.2, 0.25) is 0 Å². The summed E-state index contributed by atoms with van der Waals surface area (Å²) in [5.41, 5.74) is 5.03. The second-order valence-electron chi connectivity index (χ2n) is 11.3. The van der Waals surface area contributed by atoms with Gasteiger partial charge in [0.1, 0.15) is 11.4 Å². The van der Waals surface area contributed by atoms with Crippen LogP contribution < -0.4 is 4.74 Å². The van der Waals surface area contributed by atoms with Gasteiger partial charge >= 0.3 is 5.97 Å². The number of hydrogen-bond donors (Lipinski definition) is 1. The summed E-state index contributed by atoms with van der Waals surface area (Å²) in [5, 5.41) is 20.1. The highest BCUT2D eigenvalue weighted by molar-refractivity contribution is 5.91. The zero-order chi connectivity index (χ0) is 31.9. The molecule has 1 saturated heterocycles. The van der Waals surface area contributed by atoms with Crippen molar-refractivity contribution in [3.63, 3.8) is 0 Å². The van der Waals surface area contributed by atoms with E-state index >= 15 is 0 Å². The topological polar surface area (TPSA) is 89.7 Å². The lowest BCUT2D eigenvalue weighted by atomic mass is 9.74. The Morgan fingerprint density at radius 1 is 0.891 bits per heavy atom. The lowest BCUT2D eigenvalue weighted by Crippen LogP contribution is -2.52. The fourth-order valence-corrected chi connectivity index (χ4v) is 6.41. The smallest absolute Gasteiger partial charge is 0.358 e. The summed E-state index contributed by atoms with van der Waals surface area (Å²) >= 11 is 0. The Bertz CT molecular complexity index is 1670. The number of aliphatic hydroxyl groups excluding tert-OH is 1. The van der Waals surface area contributed by atoms with Crippen LogP contribution in [0.5, 0.6) is 5.75 Å². The first-order valence-electron chi connectivity index (χ1n) is 15.6. The van der Waals surface area contributed by atoms with Gasteiger partial charge in [0.05, 0.1) is 31.9 Å². The van der Waals surface area contributed by atoms with Gasteiger partial charge in [0.25, 0.3) is 0 Å². The van der Waals surface area contributed by atoms with Gasteiger partial charge in [0, 0.05) is 13.1 Å². The van der Waals surface area contributed by atoms with E-state index in [1.54, 1.807) is 18.7 Å². The lowest BCUT2D eigenvalue weighted by Gasteiger charge is -2.48. The van der Waals surface area contributed by atoms with Crippen LogP contribution in [0.4, 0.5) is 0 Å². The van der Waals surface area contributed by atoms with Crippen molar-refractivity contribution in [2.75, 3.05) is 26.8 Å². The molecule has 8 heteroatoms. The number of carbonyl (C=O) groups excluding carboxylic acids is 1. The highest BCUT2D eigenvalue weighted by Crippen LogP contribution is 2.44. The number of aliphatic hydroxyl groups is 1. The fraction of sp³-hybridized carbons (Fsp3) is 0.237. The van der Waals surface area contributed by atoms with Gasteiger partial charge in [-0.05, 0) is 59.4 Å². The first-order chi connectivity index (χ1) is 22.5. The van der Waals surface area contributed by atoms with E-state index in [-0.39, 0.29) is 12.3 Å². The number of nitrogens with zero attached hydrogens (tertiary/aromatic N) is 4. The largest absolute Gasteiger partial charge is 0.497 e. The minimum atomic E-state index is -0.710. The molecular formula is C38H38N4O4. The van der Waals surface area contributed by atoms with Crippen molar-refractivity contribution in [1.29, 1.82) is 0 Å². The number of methoxy groups -OCH3 is 1. The van der Waals surface area contributed by atoms with Crippen LogP contribution in [-0.4, -0.2) is 63.9 Å². The molecule has 1 fully saturated rings. The van der Waals surface area contributed by atoms with Crippen molar-refractivity contribution in [1.82, 2.24) is 19.9 Å². The molecule has 1 atom stereocenters. The Hall–Kier alpha value is -5.05. The maximum atomic E-state index is 13.3. The first-order valence-corrected chi connectivity index (χ1v) is 15.6. The predicted octanol–water partition coefficient (Wildman–Crippen LogP) is 5.95. The summed E-state index contributed by atoms with van der Waals surface area (Å²) in [6, 6.07) is 39.1. The monoisotopic (exact) mass is 614 g/mol. The zero-order valence-electron chi connectivity index (χ0n) is 26.1. The average Bonchev–Trinajstić information content (AvgIpc) is 3.50. The number of hydrogen-bond acceptors (Lipinski definition) is 7. The van der Waals surface area contributed by atoms with Crippen LogP contribution in [0.2, 0.25) is 0 Å². The SMILES string of the molecule is CCOC(=O)c1c(/C=C2\CN(C(c3ccccc3)(c3ccccc3)c3ccccc3)CCC2O)nnn1Cc1ccc(OC)cc1. The van der Waals surface area contributed by atoms with E-state index in [4.69, 9.17) is 9.47 Å². The Labute approximate surface area is 269 Å². The number of benzene rings is 4. The number of piperidine rings is 1. The number of aromatic nitrogens is 3. The Balaban J connectivity index is 1.44. The second kappa shape index (κ2) is 13.9. The van der Waals surface area contributed by atoms with E-state index in [9.17, 15) is 9.90 Å². The summed E-state index contributed by atoms with van der Waals surface area (Å²) in [6.07, 6.45) is 1.61. The van der Waals surface area contributed by atoms with Gasteiger partial charge in [-0.15, -0.1) is 5.10 Å². The number of rotatable bonds is 10. The standard InChI is InChI=1S/C38H38N4O4/c1-3-46-37(44)36-34(39-40-42(36)26-28-19-21-33(45-2)22-20-28)25-29-27-41(24-23-35(29)43)38(30-13-7-4-8-14-30,31-15-9-5-10-16-31)32-17-11-6-12-18-32/h4-22,25,35,43H,3,23-24,26-27H2,1-2H3/b29-25+. The molecule has 0 bridgehead atoms. The minimum absolute atomic E-state index is 0.215. The highest BCUT2D eigenvalue weighted by Gasteiger charge is 2.44. The highest BCUT2D eigenvalue weighted by atomic mass is 16.5. The number of carbonyl (C=O) groups is 1. The van der Waals surface area contributed by atoms with E-state index in [0.717, 1.165) is 33.6 Å². The Kier molecular flexibility index (Phi) is 9.38. The number of esters is 1. The summed E-state index contributed by atoms with van der Waals surface area (Å²) in [4.78, 5) is 15.7. The average molecular weight is 615 g/mol. The summed E-state index contributed by atoms with van der Waals surface area (Å²) in [6.45, 7) is 3.39. The normalized spacial score (nSPS) is 16.3. The summed E-state index contributed by atoms with van der Waals surface area (Å²) in [5.74, 6) is 0.231. The van der Waals surface area contributed by atoms with Gasteiger partial charge in [-0.2, -0.15) is 0 Å². The van der Waals surface area contributed by atoms with Crippen molar-refractivity contribution in [2.24, 2.45) is 0 Å². The molecule has 1 aliphatic heterocycles. The fourth-order valence-electron chi connectivity index (χ4n) is 6.41. The molecule has 1 unspecified atom stereocenters. The quantitative estimate of drug-likeness (QED) is 0.154. The van der Waals surface area contributed by atoms with E-state index in [0.29, 0.717) is 31.7 Å². The van der Waals surface area contributed by atoms with Gasteiger partial charge < -0.3 is 14.6 Å². The van der Waals surface area contributed by atoms with Gasteiger partial charge in [-0.1, -0.05) is 108 Å². The molecule has 0 saturated carbocycles. The minimum Gasteiger partial charge on any atom is -0.497 e. The molecule has 6 rings (SSSR count). The number of ether oxygens (including phenoxy) is 2. The molecule has 5 aromatic rings. The van der Waals surface area contributed by atoms with Crippen LogP contribution in [0, 0.1) is 0 Å². The molecule has 0 amide bonds. The van der Waals surface area contributed by atoms with Crippen LogP contribution >= 0.6 is 0 Å². The molecule has 1 aliphatic rings. The summed E-state index contributed by atoms with van der Waals surface area (Å²) < 4.78 is 12.3. The molecule has 1 N–H and O–H groups in total. The predicted molar refractivity (Wildman–Crippen MR) is 177 cm³/mol. The third kappa shape index (κ3) is 6.09. The van der Waals surface area contributed by atoms with Gasteiger partial charge in [-0.25, -0.2) is 9.48 Å². The first kappa shape index (κ1) is 31.0. The zero-order valence-corrected chi connectivity index (χ0v) is 26.1. The molecule has 0 aliphatic carbocycles. The maximum Gasteiger partial charge on any atom is 0.358 e. The molecule has 0 spiro atoms. The van der Waals surface area contributed by atoms with Crippen LogP contribution in [0.25, 0.3) is 6.08 Å². The van der Waals surface area contributed by atoms with Crippen molar-refractivity contribution < 1.29 is 19.4 Å². The van der Waals surface area contributed by atoms with Crippen molar-refractivity contribution >= 4 is 12.0 Å². The molecule has 8 nitrogen and oxygen atoms in total. The summed E-state index contributed by atoms with van der Waals surface area (Å²) in [7, 11) is 1.62. The second-order valence-corrected chi connectivity index (χ2v) is 11.3. The van der Waals surface area contributed by atoms with Crippen molar-refractivity contribution in [3.8, 4) is 5.75 Å². The lowest BCUT2D eigenvalue weighted by molar-refractivity contribution is 0.0512. The van der Waals surface area contributed by atoms with Crippen LogP contribution in [0.3, 0.4) is 0 Å². The van der Waals surface area contributed by atoms with E-state index in [2.05, 4.69) is 88.0 Å². The molecule has 1 aromatic heterocycles. The third-order valence-corrected chi connectivity index (χ3v) is 8.57. The third-order valence-electron chi connectivity index (χ3n) is 8.57. The van der Waals surface area contributed by atoms with Crippen molar-refractivity contribution in [3.05, 3.63) is 154 Å². The van der Waals surface area contributed by atoms with Crippen LogP contribution in [-0.2, 0) is 16.8 Å². The molecule has 46 heavy (non-hydrogen) atoms. The van der Waals surface area contributed by atoms with Crippen LogP contribution in [0.1, 0.15) is 51.8 Å². The molecule has 4 aromatic carbocycles. The molecular weight excluding hydrogens is 576 g/mol.